The van der Waals surface area contributed by atoms with Crippen LogP contribution in [-0.4, -0.2) is 28.0 Å². The Morgan fingerprint density at radius 1 is 0.742 bits per heavy atom. The molecule has 0 spiro atoms. The van der Waals surface area contributed by atoms with E-state index in [2.05, 4.69) is 61.0 Å². The number of aromatic nitrogens is 2. The van der Waals surface area contributed by atoms with Crippen molar-refractivity contribution in [1.29, 1.82) is 0 Å². The normalized spacial score (nSPS) is 12.5. The van der Waals surface area contributed by atoms with Crippen LogP contribution in [0.4, 0.5) is 0 Å². The molecule has 0 aliphatic carbocycles. The lowest BCUT2D eigenvalue weighted by molar-refractivity contribution is 0.169. The molecule has 0 bridgehead atoms. The Morgan fingerprint density at radius 3 is 1.90 bits per heavy atom. The zero-order valence-electron chi connectivity index (χ0n) is 20.5. The molecule has 1 aromatic carbocycles. The van der Waals surface area contributed by atoms with E-state index in [1.54, 1.807) is 0 Å². The molecular weight excluding hydrogens is 378 g/mol. The van der Waals surface area contributed by atoms with Crippen molar-refractivity contribution in [1.82, 2.24) is 14.9 Å². The average molecular weight is 426 g/mol. The summed E-state index contributed by atoms with van der Waals surface area (Å²) in [4.78, 5) is 11.4. The molecule has 1 aromatic heterocycles. The average Bonchev–Trinajstić information content (AvgIpc) is 3.29. The van der Waals surface area contributed by atoms with Crippen molar-refractivity contribution in [3.8, 4) is 11.3 Å². The summed E-state index contributed by atoms with van der Waals surface area (Å²) in [7, 11) is 0. The molecule has 3 heteroatoms. The third-order valence-electron chi connectivity index (χ3n) is 6.37. The molecule has 0 saturated heterocycles. The molecule has 0 fully saturated rings. The number of benzene rings is 1. The molecular formula is C28H47N3. The third kappa shape index (κ3) is 9.60. The summed E-state index contributed by atoms with van der Waals surface area (Å²) in [6.45, 7) is 9.29. The van der Waals surface area contributed by atoms with E-state index >= 15 is 0 Å². The Morgan fingerprint density at radius 2 is 1.32 bits per heavy atom. The summed E-state index contributed by atoms with van der Waals surface area (Å²) in [6.07, 6.45) is 19.1. The molecule has 1 heterocycles. The summed E-state index contributed by atoms with van der Waals surface area (Å²) in [6, 6.07) is 11.0. The second-order valence-corrected chi connectivity index (χ2v) is 9.07. The summed E-state index contributed by atoms with van der Waals surface area (Å²) in [5, 5.41) is 0. The smallest absolute Gasteiger partial charge is 0.123 e. The largest absolute Gasteiger partial charge is 0.341 e. The van der Waals surface area contributed by atoms with Crippen molar-refractivity contribution >= 4 is 0 Å². The first kappa shape index (κ1) is 25.6. The van der Waals surface area contributed by atoms with Gasteiger partial charge in [-0.2, -0.15) is 0 Å². The zero-order valence-corrected chi connectivity index (χ0v) is 20.5. The number of aromatic amines is 1. The van der Waals surface area contributed by atoms with Crippen LogP contribution in [0.5, 0.6) is 0 Å². The summed E-state index contributed by atoms with van der Waals surface area (Å²) in [5.74, 6) is 1.17. The number of unbranched alkanes of at least 4 members (excludes halogenated alkanes) is 9. The van der Waals surface area contributed by atoms with E-state index < -0.39 is 0 Å². The molecule has 0 unspecified atom stereocenters. The van der Waals surface area contributed by atoms with Gasteiger partial charge in [0.1, 0.15) is 5.82 Å². The molecule has 2 aromatic rings. The number of H-pyrrole nitrogens is 1. The predicted molar refractivity (Wildman–Crippen MR) is 135 cm³/mol. The maximum absolute atomic E-state index is 4.90. The van der Waals surface area contributed by atoms with Gasteiger partial charge >= 0.3 is 0 Å². The highest BCUT2D eigenvalue weighted by atomic mass is 15.2. The van der Waals surface area contributed by atoms with Crippen molar-refractivity contribution in [2.45, 2.75) is 110 Å². The van der Waals surface area contributed by atoms with E-state index in [-0.39, 0.29) is 0 Å². The first-order chi connectivity index (χ1) is 15.3. The summed E-state index contributed by atoms with van der Waals surface area (Å²) in [5.41, 5.74) is 2.37. The van der Waals surface area contributed by atoms with Gasteiger partial charge in [0, 0.05) is 0 Å². The molecule has 31 heavy (non-hydrogen) atoms. The molecule has 0 radical (unpaired) electrons. The molecule has 1 atom stereocenters. The van der Waals surface area contributed by atoms with Gasteiger partial charge in [-0.25, -0.2) is 4.98 Å². The van der Waals surface area contributed by atoms with Gasteiger partial charge in [-0.3, -0.25) is 4.90 Å². The van der Waals surface area contributed by atoms with Crippen LogP contribution in [-0.2, 0) is 0 Å². The van der Waals surface area contributed by atoms with Crippen LogP contribution in [0.2, 0.25) is 0 Å². The lowest BCUT2D eigenvalue weighted by atomic mass is 10.0. The van der Waals surface area contributed by atoms with Gasteiger partial charge in [0.05, 0.1) is 17.9 Å². The first-order valence-electron chi connectivity index (χ1n) is 13.1. The lowest BCUT2D eigenvalue weighted by Gasteiger charge is -2.31. The van der Waals surface area contributed by atoms with Gasteiger partial charge in [0.25, 0.3) is 0 Å². The number of imidazole rings is 1. The summed E-state index contributed by atoms with van der Waals surface area (Å²) >= 11 is 0. The highest BCUT2D eigenvalue weighted by Gasteiger charge is 2.22. The van der Waals surface area contributed by atoms with Gasteiger partial charge in [0.2, 0.25) is 0 Å². The SMILES string of the molecule is CCCCCC[C@H](c1ncc(-c2ccccc2)[nH]1)N(CCCCCC)CCCCCC. The van der Waals surface area contributed by atoms with Crippen molar-refractivity contribution in [3.63, 3.8) is 0 Å². The fraction of sp³-hybridized carbons (Fsp3) is 0.679. The van der Waals surface area contributed by atoms with E-state index in [4.69, 9.17) is 4.98 Å². The van der Waals surface area contributed by atoms with E-state index in [1.165, 1.54) is 108 Å². The minimum absolute atomic E-state index is 0.414. The van der Waals surface area contributed by atoms with Crippen molar-refractivity contribution in [2.75, 3.05) is 13.1 Å². The van der Waals surface area contributed by atoms with Crippen LogP contribution >= 0.6 is 0 Å². The van der Waals surface area contributed by atoms with E-state index in [1.807, 2.05) is 6.20 Å². The lowest BCUT2D eigenvalue weighted by Crippen LogP contribution is -2.32. The quantitative estimate of drug-likeness (QED) is 0.243. The van der Waals surface area contributed by atoms with Gasteiger partial charge in [0.15, 0.2) is 0 Å². The Bertz CT molecular complexity index is 652. The fourth-order valence-corrected chi connectivity index (χ4v) is 4.43. The standard InChI is InChI=1S/C28H47N3/c1-4-7-10-16-21-27(28-29-24-26(30-28)25-19-14-13-15-20-25)31(22-17-11-8-5-2)23-18-12-9-6-3/h13-15,19-20,24,27H,4-12,16-18,21-23H2,1-3H3,(H,29,30)/t27-/m1/s1. The highest BCUT2D eigenvalue weighted by molar-refractivity contribution is 5.58. The maximum atomic E-state index is 4.90. The Labute approximate surface area is 192 Å². The fourth-order valence-electron chi connectivity index (χ4n) is 4.43. The topological polar surface area (TPSA) is 31.9 Å². The van der Waals surface area contributed by atoms with Crippen LogP contribution < -0.4 is 0 Å². The van der Waals surface area contributed by atoms with E-state index in [0.29, 0.717) is 6.04 Å². The van der Waals surface area contributed by atoms with Crippen LogP contribution in [0.3, 0.4) is 0 Å². The first-order valence-corrected chi connectivity index (χ1v) is 13.1. The molecule has 2 rings (SSSR count). The molecule has 0 amide bonds. The third-order valence-corrected chi connectivity index (χ3v) is 6.37. The van der Waals surface area contributed by atoms with E-state index in [9.17, 15) is 0 Å². The Kier molecular flexibility index (Phi) is 13.3. The zero-order chi connectivity index (χ0) is 22.2. The van der Waals surface area contributed by atoms with Crippen molar-refractivity contribution < 1.29 is 0 Å². The summed E-state index contributed by atoms with van der Waals surface area (Å²) < 4.78 is 0. The minimum Gasteiger partial charge on any atom is -0.341 e. The maximum Gasteiger partial charge on any atom is 0.123 e. The van der Waals surface area contributed by atoms with Crippen LogP contribution in [0.1, 0.15) is 116 Å². The monoisotopic (exact) mass is 425 g/mol. The van der Waals surface area contributed by atoms with Crippen molar-refractivity contribution in [3.05, 3.63) is 42.4 Å². The molecule has 0 saturated carbocycles. The number of nitrogens with zero attached hydrogens (tertiary/aromatic N) is 2. The Hall–Kier alpha value is -1.61. The number of rotatable bonds is 18. The molecule has 1 N–H and O–H groups in total. The minimum atomic E-state index is 0.414. The van der Waals surface area contributed by atoms with Gasteiger partial charge < -0.3 is 4.98 Å². The van der Waals surface area contributed by atoms with Crippen LogP contribution in [0.15, 0.2) is 36.5 Å². The molecule has 0 aliphatic rings. The van der Waals surface area contributed by atoms with Crippen molar-refractivity contribution in [2.24, 2.45) is 0 Å². The molecule has 3 nitrogen and oxygen atoms in total. The number of hydrogen-bond acceptors (Lipinski definition) is 2. The van der Waals surface area contributed by atoms with Crippen LogP contribution in [0, 0.1) is 0 Å². The van der Waals surface area contributed by atoms with Gasteiger partial charge in [-0.05, 0) is 37.9 Å². The molecule has 0 aliphatic heterocycles. The molecule has 174 valence electrons. The van der Waals surface area contributed by atoms with E-state index in [0.717, 1.165) is 5.69 Å². The second kappa shape index (κ2) is 16.1. The Balaban J connectivity index is 2.14. The highest BCUT2D eigenvalue weighted by Crippen LogP contribution is 2.28. The van der Waals surface area contributed by atoms with Gasteiger partial charge in [-0.15, -0.1) is 0 Å². The number of nitrogens with one attached hydrogen (secondary N) is 1. The van der Waals surface area contributed by atoms with Crippen LogP contribution in [0.25, 0.3) is 11.3 Å². The second-order valence-electron chi connectivity index (χ2n) is 9.07. The van der Waals surface area contributed by atoms with Gasteiger partial charge in [-0.1, -0.05) is 115 Å². The predicted octanol–water partition coefficient (Wildman–Crippen LogP) is 8.55. The number of hydrogen-bond donors (Lipinski definition) is 1.